The molecule has 7 nitrogen and oxygen atoms in total. The van der Waals surface area contributed by atoms with Gasteiger partial charge < -0.3 is 15.2 Å². The molecule has 0 amide bonds. The van der Waals surface area contributed by atoms with Crippen LogP contribution in [0.5, 0.6) is 0 Å². The molecule has 1 saturated carbocycles. The monoisotopic (exact) mass is 375 g/mol. The minimum atomic E-state index is -0.552. The molecular weight excluding hydrogens is 357 g/mol. The predicted octanol–water partition coefficient (Wildman–Crippen LogP) is 1.56. The van der Waals surface area contributed by atoms with E-state index in [1.165, 1.54) is 6.07 Å². The largest absolute Gasteiger partial charge is 0.352 e. The summed E-state index contributed by atoms with van der Waals surface area (Å²) in [6.07, 6.45) is 1.92. The molecule has 2 unspecified atom stereocenters. The summed E-state index contributed by atoms with van der Waals surface area (Å²) in [5.41, 5.74) is 5.64. The van der Waals surface area contributed by atoms with Crippen LogP contribution in [-0.4, -0.2) is 33.1 Å². The van der Waals surface area contributed by atoms with Gasteiger partial charge in [0.25, 0.3) is 5.56 Å². The highest BCUT2D eigenvalue weighted by Crippen LogP contribution is 2.40. The normalized spacial score (nSPS) is 23.4. The third kappa shape index (κ3) is 2.16. The second-order valence-corrected chi connectivity index (χ2v) is 8.15. The van der Waals surface area contributed by atoms with Crippen molar-refractivity contribution in [3.05, 3.63) is 32.5 Å². The van der Waals surface area contributed by atoms with Crippen LogP contribution in [-0.2, 0) is 0 Å². The summed E-state index contributed by atoms with van der Waals surface area (Å²) in [4.78, 5) is 31.9. The number of halogens is 1. The van der Waals surface area contributed by atoms with Crippen molar-refractivity contribution in [3.8, 4) is 0 Å². The molecule has 3 N–H and O–H groups in total. The zero-order valence-electron chi connectivity index (χ0n) is 14.2. The second-order valence-electron chi connectivity index (χ2n) is 7.35. The zero-order chi connectivity index (χ0) is 18.2. The van der Waals surface area contributed by atoms with Crippen LogP contribution in [0, 0.1) is 11.7 Å². The molecule has 3 aromatic rings. The molecule has 1 saturated heterocycles. The van der Waals surface area contributed by atoms with Crippen molar-refractivity contribution >= 4 is 38.6 Å². The highest BCUT2D eigenvalue weighted by atomic mass is 32.1. The molecule has 0 radical (unpaired) electrons. The fourth-order valence-electron chi connectivity index (χ4n) is 3.77. The van der Waals surface area contributed by atoms with Crippen LogP contribution in [0.2, 0.25) is 0 Å². The van der Waals surface area contributed by atoms with Gasteiger partial charge in [-0.2, -0.15) is 0 Å². The Kier molecular flexibility index (Phi) is 3.29. The molecular formula is C17H18FN5O2S. The summed E-state index contributed by atoms with van der Waals surface area (Å²) in [6.45, 7) is 3.19. The molecule has 5 rings (SSSR count). The highest BCUT2D eigenvalue weighted by Gasteiger charge is 2.32. The second kappa shape index (κ2) is 5.37. The van der Waals surface area contributed by atoms with Gasteiger partial charge in [-0.25, -0.2) is 9.37 Å². The van der Waals surface area contributed by atoms with E-state index in [0.717, 1.165) is 24.4 Å². The van der Waals surface area contributed by atoms with E-state index in [1.54, 1.807) is 0 Å². The van der Waals surface area contributed by atoms with Crippen molar-refractivity contribution in [2.24, 2.45) is 11.7 Å². The first-order valence-corrected chi connectivity index (χ1v) is 9.54. The average Bonchev–Trinajstić information content (AvgIpc) is 3.28. The van der Waals surface area contributed by atoms with Gasteiger partial charge in [-0.05, 0) is 36.4 Å². The topological polar surface area (TPSA) is 97.0 Å². The summed E-state index contributed by atoms with van der Waals surface area (Å²) in [5, 5.41) is 0.256. The lowest BCUT2D eigenvalue weighted by molar-refractivity contribution is 0.565. The molecule has 3 aromatic heterocycles. The smallest absolute Gasteiger partial charge is 0.271 e. The SMILES string of the molecule is CC1CN(c2nc3c(cc2F)c(=O)c2c(=O)[nH]sc2n3C2CC2)CC1N. The number of anilines is 1. The Bertz CT molecular complexity index is 1150. The van der Waals surface area contributed by atoms with E-state index in [4.69, 9.17) is 5.73 Å². The number of fused-ring (bicyclic) bond motifs is 2. The minimum absolute atomic E-state index is 0.0325. The predicted molar refractivity (Wildman–Crippen MR) is 99.6 cm³/mol. The summed E-state index contributed by atoms with van der Waals surface area (Å²) in [5.74, 6) is -0.0764. The van der Waals surface area contributed by atoms with Gasteiger partial charge in [-0.15, -0.1) is 0 Å². The van der Waals surface area contributed by atoms with Gasteiger partial charge in [0.15, 0.2) is 11.6 Å². The number of hydrogen-bond acceptors (Lipinski definition) is 6. The van der Waals surface area contributed by atoms with Crippen LogP contribution < -0.4 is 21.6 Å². The number of aromatic nitrogens is 3. The van der Waals surface area contributed by atoms with Crippen LogP contribution in [0.15, 0.2) is 15.7 Å². The average molecular weight is 375 g/mol. The standard InChI is InChI=1S/C17H18FN5O2S/c1-7-5-22(6-11(7)19)15-10(18)4-9-13(24)12-16(25)21-26-17(12)23(8-2-3-8)14(9)20-15/h4,7-8,11H,2-3,5-6,19H2,1H3,(H,21,25). The fraction of sp³-hybridized carbons (Fsp3) is 0.471. The summed E-state index contributed by atoms with van der Waals surface area (Å²) in [7, 11) is 0. The maximum Gasteiger partial charge on any atom is 0.271 e. The Hall–Kier alpha value is -2.26. The molecule has 4 heterocycles. The van der Waals surface area contributed by atoms with Crippen molar-refractivity contribution in [1.82, 2.24) is 13.9 Å². The van der Waals surface area contributed by atoms with Crippen LogP contribution in [0.3, 0.4) is 0 Å². The molecule has 1 aliphatic heterocycles. The Labute approximate surface area is 151 Å². The van der Waals surface area contributed by atoms with Gasteiger partial charge in [0.2, 0.25) is 5.43 Å². The van der Waals surface area contributed by atoms with Gasteiger partial charge >= 0.3 is 0 Å². The molecule has 0 bridgehead atoms. The number of nitrogens with one attached hydrogen (secondary N) is 1. The van der Waals surface area contributed by atoms with Gasteiger partial charge in [0.05, 0.1) is 5.39 Å². The van der Waals surface area contributed by atoms with E-state index in [0.29, 0.717) is 23.6 Å². The van der Waals surface area contributed by atoms with Crippen molar-refractivity contribution in [3.63, 3.8) is 0 Å². The highest BCUT2D eigenvalue weighted by molar-refractivity contribution is 7.12. The first-order chi connectivity index (χ1) is 12.5. The third-order valence-electron chi connectivity index (χ3n) is 5.42. The number of nitrogens with zero attached hydrogens (tertiary/aromatic N) is 3. The molecule has 2 fully saturated rings. The molecule has 2 aliphatic rings. The van der Waals surface area contributed by atoms with Crippen molar-refractivity contribution in [2.75, 3.05) is 18.0 Å². The lowest BCUT2D eigenvalue weighted by atomic mass is 10.1. The Morgan fingerprint density at radius 1 is 1.35 bits per heavy atom. The van der Waals surface area contributed by atoms with E-state index < -0.39 is 16.8 Å². The Balaban J connectivity index is 1.83. The lowest BCUT2D eigenvalue weighted by Crippen LogP contribution is -2.29. The van der Waals surface area contributed by atoms with E-state index in [2.05, 4.69) is 9.36 Å². The first-order valence-electron chi connectivity index (χ1n) is 8.72. The van der Waals surface area contributed by atoms with E-state index in [-0.39, 0.29) is 34.6 Å². The van der Waals surface area contributed by atoms with Crippen LogP contribution in [0.25, 0.3) is 21.3 Å². The maximum atomic E-state index is 14.8. The summed E-state index contributed by atoms with van der Waals surface area (Å²) >= 11 is 1.14. The maximum absolute atomic E-state index is 14.8. The molecule has 0 aromatic carbocycles. The molecule has 1 aliphatic carbocycles. The Morgan fingerprint density at radius 3 is 2.77 bits per heavy atom. The van der Waals surface area contributed by atoms with Crippen LogP contribution in [0.4, 0.5) is 10.2 Å². The van der Waals surface area contributed by atoms with Crippen LogP contribution in [0.1, 0.15) is 25.8 Å². The van der Waals surface area contributed by atoms with E-state index in [1.807, 2.05) is 16.4 Å². The van der Waals surface area contributed by atoms with Crippen molar-refractivity contribution in [1.29, 1.82) is 0 Å². The van der Waals surface area contributed by atoms with E-state index >= 15 is 0 Å². The number of hydrogen-bond donors (Lipinski definition) is 2. The Morgan fingerprint density at radius 2 is 2.12 bits per heavy atom. The van der Waals surface area contributed by atoms with Crippen molar-refractivity contribution < 1.29 is 4.39 Å². The molecule has 26 heavy (non-hydrogen) atoms. The summed E-state index contributed by atoms with van der Waals surface area (Å²) in [6, 6.07) is 1.39. The molecule has 136 valence electrons. The number of rotatable bonds is 2. The van der Waals surface area contributed by atoms with Gasteiger partial charge in [-0.3, -0.25) is 14.0 Å². The minimum Gasteiger partial charge on any atom is -0.352 e. The molecule has 9 heteroatoms. The third-order valence-corrected chi connectivity index (χ3v) is 6.30. The van der Waals surface area contributed by atoms with Crippen molar-refractivity contribution in [2.45, 2.75) is 31.8 Å². The number of nitrogens with two attached hydrogens (primary N) is 1. The molecule has 0 spiro atoms. The first kappa shape index (κ1) is 16.0. The van der Waals surface area contributed by atoms with Gasteiger partial charge in [-0.1, -0.05) is 6.92 Å². The van der Waals surface area contributed by atoms with Gasteiger partial charge in [0.1, 0.15) is 15.9 Å². The summed E-state index contributed by atoms with van der Waals surface area (Å²) < 4.78 is 19.4. The van der Waals surface area contributed by atoms with E-state index in [9.17, 15) is 14.0 Å². The fourth-order valence-corrected chi connectivity index (χ4v) is 4.69. The zero-order valence-corrected chi connectivity index (χ0v) is 15.0. The number of aromatic amines is 1. The van der Waals surface area contributed by atoms with Gasteiger partial charge in [0, 0.05) is 25.2 Å². The number of H-pyrrole nitrogens is 1. The van der Waals surface area contributed by atoms with Crippen LogP contribution >= 0.6 is 11.5 Å². The lowest BCUT2D eigenvalue weighted by Gasteiger charge is -2.19. The number of pyridine rings is 2. The quantitative estimate of drug-likeness (QED) is 0.708. The molecule has 2 atom stereocenters.